The van der Waals surface area contributed by atoms with Crippen LogP contribution in [0.2, 0.25) is 0 Å². The molecule has 2 aromatic rings. The minimum Gasteiger partial charge on any atom is -0.443 e. The number of carbonyl (C=O) groups excluding carboxylic acids is 2. The Bertz CT molecular complexity index is 891. The predicted molar refractivity (Wildman–Crippen MR) is 102 cm³/mol. The molecule has 0 radical (unpaired) electrons. The summed E-state index contributed by atoms with van der Waals surface area (Å²) in [5, 5.41) is 0. The molecule has 0 aliphatic carbocycles. The number of benzene rings is 2. The number of carbonyl (C=O) groups is 2. The summed E-state index contributed by atoms with van der Waals surface area (Å²) in [6.07, 6.45) is -2.46. The van der Waals surface area contributed by atoms with Gasteiger partial charge in [-0.1, -0.05) is 60.7 Å². The molecular weight excluding hydrogens is 408 g/mol. The zero-order chi connectivity index (χ0) is 20.6. The fourth-order valence-electron chi connectivity index (χ4n) is 1.97. The van der Waals surface area contributed by atoms with E-state index in [-0.39, 0.29) is 17.6 Å². The third-order valence-electron chi connectivity index (χ3n) is 3.44. The Morgan fingerprint density at radius 2 is 1.43 bits per heavy atom. The third-order valence-corrected chi connectivity index (χ3v) is 5.69. The topological polar surface area (TPSA) is 102 Å². The minimum atomic E-state index is -4.41. The van der Waals surface area contributed by atoms with Crippen molar-refractivity contribution in [2.75, 3.05) is 0 Å². The molecule has 8 nitrogen and oxygen atoms in total. The van der Waals surface area contributed by atoms with Crippen molar-refractivity contribution in [2.24, 2.45) is 0 Å². The van der Waals surface area contributed by atoms with Crippen molar-refractivity contribution in [3.8, 4) is 0 Å². The first-order valence-corrected chi connectivity index (χ1v) is 10.1. The third kappa shape index (κ3) is 6.14. The Morgan fingerprint density at radius 1 is 0.964 bits per heavy atom. The van der Waals surface area contributed by atoms with Crippen molar-refractivity contribution in [2.45, 2.75) is 24.8 Å². The first-order valence-electron chi connectivity index (χ1n) is 8.17. The van der Waals surface area contributed by atoms with Gasteiger partial charge in [0.1, 0.15) is 13.2 Å². The number of ether oxygens (including phenoxy) is 2. The summed E-state index contributed by atoms with van der Waals surface area (Å²) in [5.74, 6) is 0. The second-order valence-electron chi connectivity index (χ2n) is 5.57. The molecule has 150 valence electrons. The number of nitrogens with one attached hydrogen (secondary N) is 1. The van der Waals surface area contributed by atoms with Crippen LogP contribution < -0.4 is 5.43 Å². The van der Waals surface area contributed by atoms with Gasteiger partial charge in [0.15, 0.2) is 4.71 Å². The van der Waals surface area contributed by atoms with Gasteiger partial charge < -0.3 is 9.47 Å². The molecule has 0 bridgehead atoms. The maximum absolute atomic E-state index is 12.3. The Hall–Kier alpha value is -2.78. The van der Waals surface area contributed by atoms with E-state index in [1.807, 2.05) is 5.43 Å². The average Bonchev–Trinajstić information content (AvgIpc) is 2.70. The molecule has 0 spiro atoms. The van der Waals surface area contributed by atoms with E-state index in [9.17, 15) is 18.0 Å². The summed E-state index contributed by atoms with van der Waals surface area (Å²) in [6, 6.07) is 17.4. The van der Waals surface area contributed by atoms with Gasteiger partial charge in [-0.25, -0.2) is 23.4 Å². The number of alkyl halides is 1. The van der Waals surface area contributed by atoms with E-state index in [2.05, 4.69) is 0 Å². The molecule has 2 amide bonds. The minimum absolute atomic E-state index is 0.0426. The van der Waals surface area contributed by atoms with E-state index in [1.54, 1.807) is 60.7 Å². The number of halogens is 1. The molecule has 1 N–H and O–H groups in total. The van der Waals surface area contributed by atoms with Crippen LogP contribution in [0.25, 0.3) is 0 Å². The summed E-state index contributed by atoms with van der Waals surface area (Å²) in [5.41, 5.74) is 3.19. The molecule has 2 aromatic carbocycles. The lowest BCUT2D eigenvalue weighted by Gasteiger charge is -2.23. The maximum atomic E-state index is 12.3. The van der Waals surface area contributed by atoms with E-state index >= 15 is 0 Å². The largest absolute Gasteiger partial charge is 0.443 e. The number of sulfonamides is 1. The molecular formula is C18H19ClN2O6S. The smallest absolute Gasteiger partial charge is 0.443 e. The highest BCUT2D eigenvalue weighted by atomic mass is 35.5. The van der Waals surface area contributed by atoms with E-state index in [0.29, 0.717) is 11.1 Å². The highest BCUT2D eigenvalue weighted by Crippen LogP contribution is 2.13. The van der Waals surface area contributed by atoms with Crippen molar-refractivity contribution < 1.29 is 27.5 Å². The van der Waals surface area contributed by atoms with Crippen LogP contribution in [0.3, 0.4) is 0 Å². The fraction of sp³-hybridized carbons (Fsp3) is 0.222. The van der Waals surface area contributed by atoms with Crippen molar-refractivity contribution in [3.05, 3.63) is 71.8 Å². The summed E-state index contributed by atoms with van der Waals surface area (Å²) >= 11 is 5.65. The summed E-state index contributed by atoms with van der Waals surface area (Å²) < 4.78 is 33.1. The summed E-state index contributed by atoms with van der Waals surface area (Å²) in [7, 11) is -4.41. The molecule has 0 saturated carbocycles. The van der Waals surface area contributed by atoms with Crippen LogP contribution in [0.1, 0.15) is 18.1 Å². The lowest BCUT2D eigenvalue weighted by molar-refractivity contribution is 0.0917. The lowest BCUT2D eigenvalue weighted by Crippen LogP contribution is -2.51. The van der Waals surface area contributed by atoms with Crippen molar-refractivity contribution in [1.82, 2.24) is 9.84 Å². The van der Waals surface area contributed by atoms with Crippen LogP contribution >= 0.6 is 11.6 Å². The van der Waals surface area contributed by atoms with Gasteiger partial charge in [-0.15, -0.1) is 16.0 Å². The van der Waals surface area contributed by atoms with Crippen LogP contribution in [0.5, 0.6) is 0 Å². The standard InChI is InChI=1S/C18H19ClN2O6S/c1-14(19)28(24,25)21(18(23)27-13-16-10-6-3-7-11-16)20-17(22)26-12-15-8-4-2-5-9-15/h2-11,14H,12-13H2,1H3,(H,20,22). The highest BCUT2D eigenvalue weighted by Gasteiger charge is 2.35. The zero-order valence-electron chi connectivity index (χ0n) is 14.9. The normalized spacial score (nSPS) is 11.9. The van der Waals surface area contributed by atoms with Crippen LogP contribution in [-0.4, -0.2) is 29.7 Å². The first-order chi connectivity index (χ1) is 13.3. The zero-order valence-corrected chi connectivity index (χ0v) is 16.5. The number of nitrogens with zero attached hydrogens (tertiary/aromatic N) is 1. The van der Waals surface area contributed by atoms with E-state index < -0.39 is 26.9 Å². The molecule has 28 heavy (non-hydrogen) atoms. The van der Waals surface area contributed by atoms with Gasteiger partial charge in [0, 0.05) is 0 Å². The van der Waals surface area contributed by atoms with Gasteiger partial charge in [0.2, 0.25) is 0 Å². The van der Waals surface area contributed by atoms with E-state index in [1.165, 1.54) is 0 Å². The Kier molecular flexibility index (Phi) is 7.65. The molecule has 0 aliphatic heterocycles. The Morgan fingerprint density at radius 3 is 1.89 bits per heavy atom. The molecule has 0 heterocycles. The first kappa shape index (κ1) is 21.5. The van der Waals surface area contributed by atoms with Gasteiger partial charge in [0.25, 0.3) is 10.0 Å². The number of hydrogen-bond donors (Lipinski definition) is 1. The second-order valence-corrected chi connectivity index (χ2v) is 8.58. The molecule has 1 atom stereocenters. The molecule has 1 unspecified atom stereocenters. The van der Waals surface area contributed by atoms with Crippen molar-refractivity contribution in [1.29, 1.82) is 0 Å². The average molecular weight is 427 g/mol. The van der Waals surface area contributed by atoms with Gasteiger partial charge in [-0.3, -0.25) is 0 Å². The Labute approximate surface area is 168 Å². The molecule has 0 aliphatic rings. The van der Waals surface area contributed by atoms with Gasteiger partial charge >= 0.3 is 12.2 Å². The quantitative estimate of drug-likeness (QED) is 0.561. The Balaban J connectivity index is 2.04. The molecule has 10 heteroatoms. The van der Waals surface area contributed by atoms with Gasteiger partial charge in [-0.2, -0.15) is 0 Å². The fourth-order valence-corrected chi connectivity index (χ4v) is 2.97. The van der Waals surface area contributed by atoms with Crippen LogP contribution in [0.4, 0.5) is 9.59 Å². The van der Waals surface area contributed by atoms with E-state index in [0.717, 1.165) is 6.92 Å². The van der Waals surface area contributed by atoms with Crippen LogP contribution in [0.15, 0.2) is 60.7 Å². The maximum Gasteiger partial charge on any atom is 0.443 e. The summed E-state index contributed by atoms with van der Waals surface area (Å²) in [4.78, 5) is 24.3. The van der Waals surface area contributed by atoms with Crippen LogP contribution in [0, 0.1) is 0 Å². The van der Waals surface area contributed by atoms with Crippen molar-refractivity contribution in [3.63, 3.8) is 0 Å². The lowest BCUT2D eigenvalue weighted by atomic mass is 10.2. The monoisotopic (exact) mass is 426 g/mol. The predicted octanol–water partition coefficient (Wildman–Crippen LogP) is 3.38. The van der Waals surface area contributed by atoms with Crippen molar-refractivity contribution >= 4 is 33.8 Å². The molecule has 0 saturated heterocycles. The van der Waals surface area contributed by atoms with Gasteiger partial charge in [-0.05, 0) is 18.1 Å². The molecule has 2 rings (SSSR count). The van der Waals surface area contributed by atoms with Crippen LogP contribution in [-0.2, 0) is 32.7 Å². The number of amides is 2. The molecule has 0 fully saturated rings. The number of hydrogen-bond acceptors (Lipinski definition) is 6. The number of rotatable bonds is 6. The SMILES string of the molecule is CC(Cl)S(=O)(=O)N(NC(=O)OCc1ccccc1)C(=O)OCc1ccccc1. The second kappa shape index (κ2) is 9.95. The number of hydrazine groups is 1. The van der Waals surface area contributed by atoms with E-state index in [4.69, 9.17) is 21.1 Å². The summed E-state index contributed by atoms with van der Waals surface area (Å²) in [6.45, 7) is 0.838. The highest BCUT2D eigenvalue weighted by molar-refractivity contribution is 7.91. The van der Waals surface area contributed by atoms with Gasteiger partial charge in [0.05, 0.1) is 0 Å². The molecule has 0 aromatic heterocycles.